The largest absolute Gasteiger partial charge is 0.491 e. The quantitative estimate of drug-likeness (QED) is 0.348. The molecule has 0 saturated carbocycles. The van der Waals surface area contributed by atoms with Crippen molar-refractivity contribution < 1.29 is 9.53 Å². The van der Waals surface area contributed by atoms with Gasteiger partial charge in [-0.05, 0) is 55.0 Å². The minimum Gasteiger partial charge on any atom is -0.491 e. The van der Waals surface area contributed by atoms with Crippen molar-refractivity contribution in [2.45, 2.75) is 25.8 Å². The Morgan fingerprint density at radius 2 is 1.78 bits per heavy atom. The van der Waals surface area contributed by atoms with Crippen LogP contribution in [0.4, 0.5) is 5.69 Å². The molecule has 3 aromatic carbocycles. The maximum Gasteiger partial charge on any atom is 0.227 e. The van der Waals surface area contributed by atoms with Crippen molar-refractivity contribution in [2.75, 3.05) is 18.1 Å². The fourth-order valence-corrected chi connectivity index (χ4v) is 4.62. The van der Waals surface area contributed by atoms with Crippen LogP contribution in [0.25, 0.3) is 11.0 Å². The number of amides is 1. The minimum absolute atomic E-state index is 0.0389. The first-order valence-electron chi connectivity index (χ1n) is 10.8. The molecular weight excluding hydrogens is 466 g/mol. The second-order valence-corrected chi connectivity index (χ2v) is 9.02. The normalized spacial score (nSPS) is 16.1. The van der Waals surface area contributed by atoms with Crippen LogP contribution in [0.15, 0.2) is 77.3 Å². The van der Waals surface area contributed by atoms with Crippen molar-refractivity contribution in [3.05, 3.63) is 88.7 Å². The van der Waals surface area contributed by atoms with Crippen LogP contribution < -0.4 is 9.64 Å². The summed E-state index contributed by atoms with van der Waals surface area (Å²) in [6, 6.07) is 24.1. The average Bonchev–Trinajstić information content (AvgIpc) is 3.36. The number of hydrogen-bond donors (Lipinski definition) is 0. The lowest BCUT2D eigenvalue weighted by molar-refractivity contribution is -0.117. The standard InChI is InChI=1S/C26H24BrN3O2/c1-18-6-2-5-9-24(18)32-15-14-29-23-8-4-3-7-22(23)28-26(29)19-16-25(31)30(17-19)21-12-10-20(27)11-13-21/h2-13,19H,14-17H2,1H3. The SMILES string of the molecule is Cc1ccccc1OCCn1c(C2CC(=O)N(c3ccc(Br)cc3)C2)nc2ccccc21. The van der Waals surface area contributed by atoms with Gasteiger partial charge in [0.1, 0.15) is 18.2 Å². The number of rotatable bonds is 6. The monoisotopic (exact) mass is 489 g/mol. The number of carbonyl (C=O) groups excluding carboxylic acids is 1. The zero-order valence-electron chi connectivity index (χ0n) is 17.9. The van der Waals surface area contributed by atoms with E-state index in [0.717, 1.165) is 38.3 Å². The van der Waals surface area contributed by atoms with Gasteiger partial charge in [-0.3, -0.25) is 4.79 Å². The van der Waals surface area contributed by atoms with Crippen LogP contribution in [0, 0.1) is 6.92 Å². The summed E-state index contributed by atoms with van der Waals surface area (Å²) in [7, 11) is 0. The van der Waals surface area contributed by atoms with Gasteiger partial charge in [-0.25, -0.2) is 4.98 Å². The highest BCUT2D eigenvalue weighted by Crippen LogP contribution is 2.33. The van der Waals surface area contributed by atoms with Gasteiger partial charge in [0, 0.05) is 29.0 Å². The Balaban J connectivity index is 1.41. The van der Waals surface area contributed by atoms with Crippen molar-refractivity contribution in [1.29, 1.82) is 0 Å². The van der Waals surface area contributed by atoms with E-state index in [1.807, 2.05) is 78.6 Å². The summed E-state index contributed by atoms with van der Waals surface area (Å²) in [5, 5.41) is 0. The number of nitrogens with zero attached hydrogens (tertiary/aromatic N) is 3. The van der Waals surface area contributed by atoms with E-state index < -0.39 is 0 Å². The Morgan fingerprint density at radius 1 is 1.03 bits per heavy atom. The molecule has 5 nitrogen and oxygen atoms in total. The van der Waals surface area contributed by atoms with Crippen LogP contribution in [-0.4, -0.2) is 28.6 Å². The highest BCUT2D eigenvalue weighted by Gasteiger charge is 2.34. The molecule has 0 N–H and O–H groups in total. The van der Waals surface area contributed by atoms with Crippen LogP contribution in [0.5, 0.6) is 5.75 Å². The van der Waals surface area contributed by atoms with E-state index in [4.69, 9.17) is 9.72 Å². The molecule has 1 aliphatic heterocycles. The Hall–Kier alpha value is -3.12. The average molecular weight is 490 g/mol. The summed E-state index contributed by atoms with van der Waals surface area (Å²) >= 11 is 3.46. The zero-order chi connectivity index (χ0) is 22.1. The van der Waals surface area contributed by atoms with E-state index in [1.54, 1.807) is 0 Å². The Bertz CT molecular complexity index is 1270. The molecule has 0 radical (unpaired) electrons. The van der Waals surface area contributed by atoms with Gasteiger partial charge in [-0.15, -0.1) is 0 Å². The molecule has 1 aliphatic rings. The van der Waals surface area contributed by atoms with Gasteiger partial charge >= 0.3 is 0 Å². The van der Waals surface area contributed by atoms with Crippen LogP contribution >= 0.6 is 15.9 Å². The molecule has 1 amide bonds. The highest BCUT2D eigenvalue weighted by atomic mass is 79.9. The fraction of sp³-hybridized carbons (Fsp3) is 0.231. The third-order valence-electron chi connectivity index (χ3n) is 5.98. The topological polar surface area (TPSA) is 47.4 Å². The number of para-hydroxylation sites is 3. The highest BCUT2D eigenvalue weighted by molar-refractivity contribution is 9.10. The van der Waals surface area contributed by atoms with Gasteiger partial charge in [-0.2, -0.15) is 0 Å². The lowest BCUT2D eigenvalue weighted by atomic mass is 10.1. The number of anilines is 1. The summed E-state index contributed by atoms with van der Waals surface area (Å²) in [6.45, 7) is 3.89. The number of imidazole rings is 1. The van der Waals surface area contributed by atoms with E-state index in [1.165, 1.54) is 0 Å². The summed E-state index contributed by atoms with van der Waals surface area (Å²) in [5.41, 5.74) is 4.07. The van der Waals surface area contributed by atoms with E-state index in [-0.39, 0.29) is 11.8 Å². The Labute approximate surface area is 195 Å². The van der Waals surface area contributed by atoms with Crippen molar-refractivity contribution >= 4 is 38.6 Å². The molecule has 1 atom stereocenters. The molecule has 2 heterocycles. The Kier molecular flexibility index (Phi) is 5.70. The summed E-state index contributed by atoms with van der Waals surface area (Å²) in [4.78, 5) is 19.7. The molecular formula is C26H24BrN3O2. The molecule has 0 bridgehead atoms. The predicted octanol–water partition coefficient (Wildman–Crippen LogP) is 5.71. The van der Waals surface area contributed by atoms with Crippen LogP contribution in [0.3, 0.4) is 0 Å². The number of benzene rings is 3. The number of aryl methyl sites for hydroxylation is 1. The first-order valence-corrected chi connectivity index (χ1v) is 11.6. The van der Waals surface area contributed by atoms with E-state index in [0.29, 0.717) is 26.1 Å². The van der Waals surface area contributed by atoms with Crippen molar-refractivity contribution in [3.63, 3.8) is 0 Å². The first kappa shape index (κ1) is 20.8. The van der Waals surface area contributed by atoms with Crippen LogP contribution in [0.2, 0.25) is 0 Å². The molecule has 32 heavy (non-hydrogen) atoms. The lowest BCUT2D eigenvalue weighted by Gasteiger charge is -2.18. The molecule has 5 rings (SSSR count). The van der Waals surface area contributed by atoms with Gasteiger partial charge in [0.2, 0.25) is 5.91 Å². The maximum absolute atomic E-state index is 12.9. The molecule has 162 valence electrons. The molecule has 1 aromatic heterocycles. The van der Waals surface area contributed by atoms with Gasteiger partial charge < -0.3 is 14.2 Å². The second-order valence-electron chi connectivity index (χ2n) is 8.11. The molecule has 1 fully saturated rings. The van der Waals surface area contributed by atoms with E-state index in [9.17, 15) is 4.79 Å². The third-order valence-corrected chi connectivity index (χ3v) is 6.51. The molecule has 1 saturated heterocycles. The van der Waals surface area contributed by atoms with Crippen molar-refractivity contribution in [2.24, 2.45) is 0 Å². The zero-order valence-corrected chi connectivity index (χ0v) is 19.5. The summed E-state index contributed by atoms with van der Waals surface area (Å²) in [6.07, 6.45) is 0.456. The van der Waals surface area contributed by atoms with Crippen LogP contribution in [-0.2, 0) is 11.3 Å². The molecule has 1 unspecified atom stereocenters. The molecule has 6 heteroatoms. The molecule has 0 aliphatic carbocycles. The number of halogens is 1. The van der Waals surface area contributed by atoms with Gasteiger partial charge in [0.05, 0.1) is 17.6 Å². The number of aromatic nitrogens is 2. The second kappa shape index (κ2) is 8.79. The number of ether oxygens (including phenoxy) is 1. The van der Waals surface area contributed by atoms with Crippen molar-refractivity contribution in [1.82, 2.24) is 9.55 Å². The lowest BCUT2D eigenvalue weighted by Crippen LogP contribution is -2.24. The first-order chi connectivity index (χ1) is 15.6. The van der Waals surface area contributed by atoms with E-state index >= 15 is 0 Å². The minimum atomic E-state index is 0.0389. The third kappa shape index (κ3) is 4.02. The van der Waals surface area contributed by atoms with Crippen molar-refractivity contribution in [3.8, 4) is 5.75 Å². The predicted molar refractivity (Wildman–Crippen MR) is 130 cm³/mol. The van der Waals surface area contributed by atoms with Gasteiger partial charge in [0.25, 0.3) is 0 Å². The van der Waals surface area contributed by atoms with Gasteiger partial charge in [0.15, 0.2) is 0 Å². The Morgan fingerprint density at radius 3 is 2.59 bits per heavy atom. The number of carbonyl (C=O) groups is 1. The number of hydrogen-bond acceptors (Lipinski definition) is 3. The number of fused-ring (bicyclic) bond motifs is 1. The summed E-state index contributed by atoms with van der Waals surface area (Å²) in [5.74, 6) is 2.02. The molecule has 0 spiro atoms. The van der Waals surface area contributed by atoms with E-state index in [2.05, 4.69) is 26.6 Å². The maximum atomic E-state index is 12.9. The summed E-state index contributed by atoms with van der Waals surface area (Å²) < 4.78 is 9.29. The smallest absolute Gasteiger partial charge is 0.227 e. The van der Waals surface area contributed by atoms with Gasteiger partial charge in [-0.1, -0.05) is 46.3 Å². The molecule has 4 aromatic rings. The van der Waals surface area contributed by atoms with Crippen LogP contribution in [0.1, 0.15) is 23.7 Å². The fourth-order valence-electron chi connectivity index (χ4n) is 4.36.